The summed E-state index contributed by atoms with van der Waals surface area (Å²) in [4.78, 5) is 16.1. The maximum absolute atomic E-state index is 13.5. The molecular weight excluding hydrogens is 386 g/mol. The van der Waals surface area contributed by atoms with Crippen molar-refractivity contribution in [2.24, 2.45) is 17.8 Å². The van der Waals surface area contributed by atoms with Crippen LogP contribution in [0, 0.1) is 17.8 Å². The lowest BCUT2D eigenvalue weighted by molar-refractivity contribution is -0.260. The van der Waals surface area contributed by atoms with Crippen molar-refractivity contribution in [2.75, 3.05) is 7.11 Å². The quantitative estimate of drug-likeness (QED) is 0.581. The molecule has 0 aromatic heterocycles. The van der Waals surface area contributed by atoms with Gasteiger partial charge >= 0.3 is 5.97 Å². The van der Waals surface area contributed by atoms with E-state index >= 15 is 0 Å². The standard InChI is InChI=1S/C27H35NO3/c1-17-24-23(18-11-5-4-6-12-18)19-13-7-10-16-22(19)28(24)26(2)20-14-8-9-15-21(20)27(17,31-26)25(29)30-3/h8-9,14-15,17-19,22H,4-7,10-13,16H2,1-3H3/t17-,19?,22?,26-,27-/m1/s1. The first-order valence-electron chi connectivity index (χ1n) is 12.5. The molecule has 1 saturated heterocycles. The molecule has 2 unspecified atom stereocenters. The Morgan fingerprint density at radius 2 is 1.71 bits per heavy atom. The summed E-state index contributed by atoms with van der Waals surface area (Å²) >= 11 is 0. The minimum atomic E-state index is -1.04. The number of carbonyl (C=O) groups is 1. The normalized spacial score (nSPS) is 39.2. The van der Waals surface area contributed by atoms with Gasteiger partial charge in [-0.25, -0.2) is 4.79 Å². The molecule has 5 aliphatic rings. The van der Waals surface area contributed by atoms with Gasteiger partial charge in [0.15, 0.2) is 5.72 Å². The Morgan fingerprint density at radius 1 is 1.03 bits per heavy atom. The van der Waals surface area contributed by atoms with Gasteiger partial charge in [-0.15, -0.1) is 0 Å². The number of rotatable bonds is 2. The molecule has 2 aliphatic carbocycles. The van der Waals surface area contributed by atoms with E-state index in [9.17, 15) is 4.79 Å². The first-order valence-corrected chi connectivity index (χ1v) is 12.5. The lowest BCUT2D eigenvalue weighted by atomic mass is 9.71. The predicted molar refractivity (Wildman–Crippen MR) is 119 cm³/mol. The molecule has 3 aliphatic heterocycles. The van der Waals surface area contributed by atoms with Crippen molar-refractivity contribution in [3.8, 4) is 0 Å². The van der Waals surface area contributed by atoms with Crippen LogP contribution in [-0.2, 0) is 25.6 Å². The highest BCUT2D eigenvalue weighted by Crippen LogP contribution is 2.66. The van der Waals surface area contributed by atoms with E-state index in [1.165, 1.54) is 70.6 Å². The van der Waals surface area contributed by atoms with Crippen LogP contribution in [0.3, 0.4) is 0 Å². The summed E-state index contributed by atoms with van der Waals surface area (Å²) in [6.45, 7) is 4.43. The van der Waals surface area contributed by atoms with Crippen molar-refractivity contribution in [3.05, 3.63) is 46.7 Å². The number of hydrogen-bond donors (Lipinski definition) is 0. The third-order valence-electron chi connectivity index (χ3n) is 9.22. The van der Waals surface area contributed by atoms with Crippen molar-refractivity contribution >= 4 is 5.97 Å². The number of fused-ring (bicyclic) bond motifs is 9. The third-order valence-corrected chi connectivity index (χ3v) is 9.22. The average Bonchev–Trinajstić information content (AvgIpc) is 3.29. The molecule has 31 heavy (non-hydrogen) atoms. The second-order valence-electron chi connectivity index (χ2n) is 10.6. The number of hydrogen-bond acceptors (Lipinski definition) is 4. The van der Waals surface area contributed by atoms with Crippen LogP contribution in [0.25, 0.3) is 0 Å². The smallest absolute Gasteiger partial charge is 0.343 e. The van der Waals surface area contributed by atoms with E-state index in [4.69, 9.17) is 9.47 Å². The summed E-state index contributed by atoms with van der Waals surface area (Å²) in [7, 11) is 1.50. The molecule has 2 bridgehead atoms. The van der Waals surface area contributed by atoms with Gasteiger partial charge in [-0.3, -0.25) is 0 Å². The molecule has 2 saturated carbocycles. The fourth-order valence-electron chi connectivity index (χ4n) is 8.03. The highest BCUT2D eigenvalue weighted by molar-refractivity contribution is 5.85. The van der Waals surface area contributed by atoms with Gasteiger partial charge in [-0.05, 0) is 44.1 Å². The van der Waals surface area contributed by atoms with Gasteiger partial charge in [-0.2, -0.15) is 0 Å². The Balaban J connectivity index is 1.61. The molecule has 0 radical (unpaired) electrons. The van der Waals surface area contributed by atoms with Crippen LogP contribution in [0.2, 0.25) is 0 Å². The Labute approximate surface area is 186 Å². The van der Waals surface area contributed by atoms with Gasteiger partial charge in [0.05, 0.1) is 7.11 Å². The van der Waals surface area contributed by atoms with Crippen LogP contribution in [0.4, 0.5) is 0 Å². The Kier molecular flexibility index (Phi) is 4.38. The molecule has 0 spiro atoms. The number of benzene rings is 1. The van der Waals surface area contributed by atoms with Crippen LogP contribution in [-0.4, -0.2) is 24.0 Å². The summed E-state index contributed by atoms with van der Waals surface area (Å²) in [5.74, 6) is 0.997. The zero-order valence-electron chi connectivity index (χ0n) is 19.2. The Morgan fingerprint density at radius 3 is 2.45 bits per heavy atom. The van der Waals surface area contributed by atoms with Gasteiger partial charge in [0.25, 0.3) is 0 Å². The van der Waals surface area contributed by atoms with Crippen molar-refractivity contribution < 1.29 is 14.3 Å². The highest BCUT2D eigenvalue weighted by atomic mass is 16.6. The van der Waals surface area contributed by atoms with Gasteiger partial charge in [0.2, 0.25) is 5.60 Å². The Hall–Kier alpha value is -1.81. The lowest BCUT2D eigenvalue weighted by Crippen LogP contribution is -2.59. The van der Waals surface area contributed by atoms with Gasteiger partial charge < -0.3 is 14.4 Å². The molecule has 1 aromatic rings. The van der Waals surface area contributed by atoms with Crippen LogP contribution in [0.15, 0.2) is 35.5 Å². The monoisotopic (exact) mass is 421 g/mol. The number of carbonyl (C=O) groups excluding carboxylic acids is 1. The van der Waals surface area contributed by atoms with Crippen LogP contribution in [0.5, 0.6) is 0 Å². The second kappa shape index (κ2) is 6.84. The van der Waals surface area contributed by atoms with Crippen LogP contribution < -0.4 is 0 Å². The average molecular weight is 422 g/mol. The fraction of sp³-hybridized carbons (Fsp3) is 0.667. The van der Waals surface area contributed by atoms with E-state index in [2.05, 4.69) is 36.9 Å². The zero-order valence-corrected chi connectivity index (χ0v) is 19.2. The number of nitrogens with zero attached hydrogens (tertiary/aromatic N) is 1. The van der Waals surface area contributed by atoms with Gasteiger partial charge in [0, 0.05) is 34.7 Å². The molecule has 3 fully saturated rings. The molecule has 5 atom stereocenters. The SMILES string of the molecule is COC(=O)[C@]12O[C@](C)(c3ccccc31)N1C(=C(C3CCCCC3)C3CCCCC31)[C@H]2C. The van der Waals surface area contributed by atoms with E-state index in [1.54, 1.807) is 5.57 Å². The van der Waals surface area contributed by atoms with E-state index in [1.807, 2.05) is 6.07 Å². The summed E-state index contributed by atoms with van der Waals surface area (Å²) in [5.41, 5.74) is 3.63. The van der Waals surface area contributed by atoms with E-state index in [-0.39, 0.29) is 11.9 Å². The molecule has 3 heterocycles. The first-order chi connectivity index (χ1) is 15.0. The van der Waals surface area contributed by atoms with E-state index in [0.717, 1.165) is 11.1 Å². The molecule has 6 rings (SSSR count). The van der Waals surface area contributed by atoms with E-state index < -0.39 is 11.3 Å². The molecule has 4 heteroatoms. The first kappa shape index (κ1) is 19.8. The topological polar surface area (TPSA) is 38.8 Å². The van der Waals surface area contributed by atoms with Gasteiger partial charge in [0.1, 0.15) is 0 Å². The second-order valence-corrected chi connectivity index (χ2v) is 10.6. The minimum absolute atomic E-state index is 0.0424. The molecule has 1 aromatic carbocycles. The van der Waals surface area contributed by atoms with Crippen molar-refractivity contribution in [3.63, 3.8) is 0 Å². The zero-order chi connectivity index (χ0) is 21.4. The van der Waals surface area contributed by atoms with Crippen molar-refractivity contribution in [2.45, 2.75) is 89.0 Å². The number of methoxy groups -OCH3 is 1. The van der Waals surface area contributed by atoms with Crippen molar-refractivity contribution in [1.29, 1.82) is 0 Å². The lowest BCUT2D eigenvalue weighted by Gasteiger charge is -2.52. The Bertz CT molecular complexity index is 948. The largest absolute Gasteiger partial charge is 0.467 e. The predicted octanol–water partition coefficient (Wildman–Crippen LogP) is 5.62. The van der Waals surface area contributed by atoms with Crippen molar-refractivity contribution in [1.82, 2.24) is 4.90 Å². The molecule has 0 N–H and O–H groups in total. The summed E-state index contributed by atoms with van der Waals surface area (Å²) < 4.78 is 12.3. The maximum Gasteiger partial charge on any atom is 0.343 e. The fourth-order valence-corrected chi connectivity index (χ4v) is 8.03. The molecular formula is C27H35NO3. The minimum Gasteiger partial charge on any atom is -0.467 e. The number of ether oxygens (including phenoxy) is 2. The maximum atomic E-state index is 13.5. The third kappa shape index (κ3) is 2.38. The highest BCUT2D eigenvalue weighted by Gasteiger charge is 2.70. The van der Waals surface area contributed by atoms with Gasteiger partial charge in [-0.1, -0.05) is 63.3 Å². The van der Waals surface area contributed by atoms with Crippen LogP contribution >= 0.6 is 0 Å². The molecule has 166 valence electrons. The van der Waals surface area contributed by atoms with Crippen LogP contribution in [0.1, 0.15) is 82.8 Å². The summed E-state index contributed by atoms with van der Waals surface area (Å²) in [6, 6.07) is 8.88. The molecule has 4 nitrogen and oxygen atoms in total. The van der Waals surface area contributed by atoms with E-state index in [0.29, 0.717) is 17.9 Å². The number of esters is 1. The molecule has 0 amide bonds. The summed E-state index contributed by atoms with van der Waals surface area (Å²) in [6.07, 6.45) is 11.8. The summed E-state index contributed by atoms with van der Waals surface area (Å²) in [5, 5.41) is 0.